The van der Waals surface area contributed by atoms with Crippen molar-refractivity contribution < 1.29 is 13.9 Å². The number of halogens is 1. The average Bonchev–Trinajstić information content (AvgIpc) is 2.60. The normalized spacial score (nSPS) is 14.1. The number of nitrogens with zero attached hydrogens (tertiary/aromatic N) is 1. The van der Waals surface area contributed by atoms with Crippen LogP contribution in [0.15, 0.2) is 47.5 Å². The number of hydrogen-bond acceptors (Lipinski definition) is 4. The van der Waals surface area contributed by atoms with Crippen molar-refractivity contribution in [2.75, 3.05) is 13.3 Å². The topological polar surface area (TPSA) is 56.8 Å². The zero-order valence-corrected chi connectivity index (χ0v) is 14.0. The lowest BCUT2D eigenvalue weighted by atomic mass is 10.1. The van der Waals surface area contributed by atoms with Crippen molar-refractivity contribution >= 4 is 16.9 Å². The molecule has 1 aliphatic rings. The van der Waals surface area contributed by atoms with Gasteiger partial charge in [0.1, 0.15) is 11.6 Å². The Kier molecular flexibility index (Phi) is 5.72. The molecule has 0 bridgehead atoms. The van der Waals surface area contributed by atoms with Crippen LogP contribution in [0.4, 0.5) is 4.39 Å². The van der Waals surface area contributed by atoms with E-state index < -0.39 is 0 Å². The number of benzene rings is 2. The quantitative estimate of drug-likeness (QED) is 0.665. The van der Waals surface area contributed by atoms with Gasteiger partial charge in [0.05, 0.1) is 6.61 Å². The molecule has 2 aromatic rings. The van der Waals surface area contributed by atoms with Crippen molar-refractivity contribution in [1.82, 2.24) is 0 Å². The van der Waals surface area contributed by atoms with Crippen LogP contribution in [0, 0.1) is 5.82 Å². The molecule has 0 unspecified atom stereocenters. The second-order valence-electron chi connectivity index (χ2n) is 5.41. The van der Waals surface area contributed by atoms with Gasteiger partial charge in [-0.2, -0.15) is 0 Å². The van der Waals surface area contributed by atoms with Gasteiger partial charge in [0, 0.05) is 23.4 Å². The molecule has 0 aromatic heterocycles. The minimum Gasteiger partial charge on any atom is -0.467 e. The van der Waals surface area contributed by atoms with Crippen LogP contribution in [-0.4, -0.2) is 18.5 Å². The maximum absolute atomic E-state index is 13.7. The first kappa shape index (κ1) is 16.8. The predicted molar refractivity (Wildman–Crippen MR) is 94.6 cm³/mol. The zero-order chi connectivity index (χ0) is 16.8. The van der Waals surface area contributed by atoms with Gasteiger partial charge in [-0.3, -0.25) is 4.99 Å². The van der Waals surface area contributed by atoms with E-state index in [1.54, 1.807) is 0 Å². The second-order valence-corrected chi connectivity index (χ2v) is 6.40. The summed E-state index contributed by atoms with van der Waals surface area (Å²) in [4.78, 5) is 4.37. The molecule has 0 fully saturated rings. The highest BCUT2D eigenvalue weighted by Gasteiger charge is 2.17. The molecule has 4 nitrogen and oxygen atoms in total. The molecule has 2 aromatic carbocycles. The molecule has 6 heteroatoms. The molecule has 0 saturated heterocycles. The van der Waals surface area contributed by atoms with Crippen LogP contribution < -0.4 is 10.5 Å². The SMILES string of the molecule is NC(=NCCc1ccccc1)SCc1cc(F)cc2c1OCOC2. The minimum atomic E-state index is -0.293. The molecular weight excluding hydrogens is 327 g/mol. The Morgan fingerprint density at radius 2 is 2.08 bits per heavy atom. The molecule has 0 amide bonds. The third-order valence-electron chi connectivity index (χ3n) is 3.64. The summed E-state index contributed by atoms with van der Waals surface area (Å²) >= 11 is 1.39. The van der Waals surface area contributed by atoms with Gasteiger partial charge in [-0.05, 0) is 24.1 Å². The van der Waals surface area contributed by atoms with E-state index in [1.165, 1.54) is 29.5 Å². The number of rotatable bonds is 5. The van der Waals surface area contributed by atoms with E-state index in [4.69, 9.17) is 15.2 Å². The van der Waals surface area contributed by atoms with Crippen molar-refractivity contribution in [1.29, 1.82) is 0 Å². The Labute approximate surface area is 144 Å². The number of amidine groups is 1. The fourth-order valence-corrected chi connectivity index (χ4v) is 3.20. The van der Waals surface area contributed by atoms with Crippen molar-refractivity contribution in [2.45, 2.75) is 18.8 Å². The summed E-state index contributed by atoms with van der Waals surface area (Å²) in [6.07, 6.45) is 0.845. The molecule has 1 heterocycles. The van der Waals surface area contributed by atoms with Gasteiger partial charge in [0.2, 0.25) is 0 Å². The fourth-order valence-electron chi connectivity index (χ4n) is 2.50. The summed E-state index contributed by atoms with van der Waals surface area (Å²) in [7, 11) is 0. The summed E-state index contributed by atoms with van der Waals surface area (Å²) < 4.78 is 24.4. The van der Waals surface area contributed by atoms with Gasteiger partial charge < -0.3 is 15.2 Å². The van der Waals surface area contributed by atoms with Gasteiger partial charge in [-0.25, -0.2) is 4.39 Å². The van der Waals surface area contributed by atoms with Gasteiger partial charge in [-0.1, -0.05) is 42.1 Å². The van der Waals surface area contributed by atoms with Crippen molar-refractivity contribution in [3.8, 4) is 5.75 Å². The highest BCUT2D eigenvalue weighted by molar-refractivity contribution is 8.13. The second kappa shape index (κ2) is 8.17. The molecule has 0 saturated carbocycles. The van der Waals surface area contributed by atoms with Crippen LogP contribution in [0.5, 0.6) is 5.75 Å². The standard InChI is InChI=1S/C18H19FN2O2S/c19-16-8-14-10-22-12-23-17(14)15(9-16)11-24-18(20)21-7-6-13-4-2-1-3-5-13/h1-5,8-9H,6-7,10-12H2,(H2,20,21). The Morgan fingerprint density at radius 3 is 2.92 bits per heavy atom. The monoisotopic (exact) mass is 346 g/mol. The minimum absolute atomic E-state index is 0.191. The third-order valence-corrected chi connectivity index (χ3v) is 4.52. The van der Waals surface area contributed by atoms with Crippen LogP contribution >= 0.6 is 11.8 Å². The number of aliphatic imine (C=N–C) groups is 1. The smallest absolute Gasteiger partial charge is 0.189 e. The first-order valence-corrected chi connectivity index (χ1v) is 8.69. The van der Waals surface area contributed by atoms with Crippen molar-refractivity contribution in [3.05, 3.63) is 65.0 Å². The lowest BCUT2D eigenvalue weighted by molar-refractivity contribution is -0.0171. The van der Waals surface area contributed by atoms with Gasteiger partial charge in [-0.15, -0.1) is 0 Å². The Morgan fingerprint density at radius 1 is 1.25 bits per heavy atom. The zero-order valence-electron chi connectivity index (χ0n) is 13.2. The molecule has 0 aliphatic carbocycles. The molecule has 0 atom stereocenters. The summed E-state index contributed by atoms with van der Waals surface area (Å²) in [5.41, 5.74) is 8.69. The van der Waals surface area contributed by atoms with E-state index in [-0.39, 0.29) is 12.6 Å². The maximum atomic E-state index is 13.7. The number of thioether (sulfide) groups is 1. The molecule has 1 aliphatic heterocycles. The van der Waals surface area contributed by atoms with Crippen LogP contribution in [0.25, 0.3) is 0 Å². The maximum Gasteiger partial charge on any atom is 0.189 e. The van der Waals surface area contributed by atoms with Crippen LogP contribution in [0.1, 0.15) is 16.7 Å². The van der Waals surface area contributed by atoms with E-state index in [0.717, 1.165) is 17.5 Å². The Bertz CT molecular complexity index is 722. The van der Waals surface area contributed by atoms with Crippen LogP contribution in [-0.2, 0) is 23.5 Å². The lowest BCUT2D eigenvalue weighted by Crippen LogP contribution is -2.14. The summed E-state index contributed by atoms with van der Waals surface area (Å²) in [6, 6.07) is 13.1. The van der Waals surface area contributed by atoms with E-state index in [1.807, 2.05) is 18.2 Å². The third kappa shape index (κ3) is 4.49. The molecule has 0 radical (unpaired) electrons. The highest BCUT2D eigenvalue weighted by Crippen LogP contribution is 2.31. The highest BCUT2D eigenvalue weighted by atomic mass is 32.2. The van der Waals surface area contributed by atoms with E-state index in [2.05, 4.69) is 17.1 Å². The van der Waals surface area contributed by atoms with E-state index in [0.29, 0.717) is 29.8 Å². The summed E-state index contributed by atoms with van der Waals surface area (Å²) in [5, 5.41) is 0.496. The van der Waals surface area contributed by atoms with Gasteiger partial charge >= 0.3 is 0 Å². The lowest BCUT2D eigenvalue weighted by Gasteiger charge is -2.20. The average molecular weight is 346 g/mol. The molecule has 3 rings (SSSR count). The Hall–Kier alpha value is -2.05. The molecule has 2 N–H and O–H groups in total. The number of nitrogens with two attached hydrogens (primary N) is 1. The van der Waals surface area contributed by atoms with E-state index >= 15 is 0 Å². The molecule has 24 heavy (non-hydrogen) atoms. The Balaban J connectivity index is 1.57. The van der Waals surface area contributed by atoms with Crippen molar-refractivity contribution in [3.63, 3.8) is 0 Å². The fraction of sp³-hybridized carbons (Fsp3) is 0.278. The van der Waals surface area contributed by atoms with Gasteiger partial charge in [0.25, 0.3) is 0 Å². The predicted octanol–water partition coefficient (Wildman–Crippen LogP) is 3.48. The van der Waals surface area contributed by atoms with E-state index in [9.17, 15) is 4.39 Å². The number of ether oxygens (including phenoxy) is 2. The van der Waals surface area contributed by atoms with Crippen LogP contribution in [0.3, 0.4) is 0 Å². The first-order chi connectivity index (χ1) is 11.7. The van der Waals surface area contributed by atoms with Crippen LogP contribution in [0.2, 0.25) is 0 Å². The summed E-state index contributed by atoms with van der Waals surface area (Å²) in [6.45, 7) is 1.19. The number of fused-ring (bicyclic) bond motifs is 1. The molecule has 0 spiro atoms. The molecule has 126 valence electrons. The summed E-state index contributed by atoms with van der Waals surface area (Å²) in [5.74, 6) is 0.922. The van der Waals surface area contributed by atoms with Crippen molar-refractivity contribution in [2.24, 2.45) is 10.7 Å². The molecular formula is C18H19FN2O2S. The van der Waals surface area contributed by atoms with Gasteiger partial charge in [0.15, 0.2) is 12.0 Å². The first-order valence-electron chi connectivity index (χ1n) is 7.71. The largest absolute Gasteiger partial charge is 0.467 e. The number of hydrogen-bond donors (Lipinski definition) is 1.